The molecule has 2 heterocycles. The maximum Gasteiger partial charge on any atom is 0.246 e. The summed E-state index contributed by atoms with van der Waals surface area (Å²) in [6, 6.07) is 16.0. The van der Waals surface area contributed by atoms with Crippen LogP contribution in [0.5, 0.6) is 0 Å². The third-order valence-corrected chi connectivity index (χ3v) is 6.80. The van der Waals surface area contributed by atoms with Crippen molar-refractivity contribution in [1.82, 2.24) is 4.98 Å². The second-order valence-electron chi connectivity index (χ2n) is 7.02. The molecule has 29 heavy (non-hydrogen) atoms. The highest BCUT2D eigenvalue weighted by Crippen LogP contribution is 2.26. The molecule has 0 aliphatic carbocycles. The standard InChI is InChI=1S/C21H22N4O3S/c1-15(21(26)24-20-7-2-6-19-18(20)5-3-12-22-19)23-16-8-10-17(11-9-16)25-13-4-14-29(25,27)28/h2-3,5-12,15,23H,4,13-14H2,1H3,(H,24,26). The molecule has 3 aromatic rings. The van der Waals surface area contributed by atoms with Crippen molar-refractivity contribution in [2.24, 2.45) is 0 Å². The minimum absolute atomic E-state index is 0.174. The normalized spacial score (nSPS) is 16.5. The van der Waals surface area contributed by atoms with Gasteiger partial charge < -0.3 is 10.6 Å². The lowest BCUT2D eigenvalue weighted by Crippen LogP contribution is -2.32. The number of hydrogen-bond acceptors (Lipinski definition) is 5. The number of amides is 1. The van der Waals surface area contributed by atoms with E-state index in [1.54, 1.807) is 37.4 Å². The van der Waals surface area contributed by atoms with Gasteiger partial charge in [0.25, 0.3) is 0 Å². The first-order valence-corrected chi connectivity index (χ1v) is 11.1. The summed E-state index contributed by atoms with van der Waals surface area (Å²) in [7, 11) is -3.20. The number of nitrogens with one attached hydrogen (secondary N) is 2. The number of hydrogen-bond donors (Lipinski definition) is 2. The minimum Gasteiger partial charge on any atom is -0.374 e. The van der Waals surface area contributed by atoms with Crippen LogP contribution in [0.3, 0.4) is 0 Å². The average molecular weight is 410 g/mol. The Hall–Kier alpha value is -3.13. The van der Waals surface area contributed by atoms with Gasteiger partial charge in [0, 0.05) is 23.8 Å². The summed E-state index contributed by atoms with van der Waals surface area (Å²) >= 11 is 0. The largest absolute Gasteiger partial charge is 0.374 e. The fourth-order valence-corrected chi connectivity index (χ4v) is 4.99. The fraction of sp³-hybridized carbons (Fsp3) is 0.238. The molecule has 1 saturated heterocycles. The number of carbonyl (C=O) groups excluding carboxylic acids is 1. The van der Waals surface area contributed by atoms with Crippen LogP contribution in [0.4, 0.5) is 17.1 Å². The number of pyridine rings is 1. The highest BCUT2D eigenvalue weighted by molar-refractivity contribution is 7.93. The average Bonchev–Trinajstić information content (AvgIpc) is 3.08. The SMILES string of the molecule is CC(Nc1ccc(N2CCCS2(=O)=O)cc1)C(=O)Nc1cccc2ncccc12. The van der Waals surface area contributed by atoms with Gasteiger partial charge in [-0.25, -0.2) is 8.42 Å². The van der Waals surface area contributed by atoms with Gasteiger partial charge in [-0.05, 0) is 61.9 Å². The number of benzene rings is 2. The van der Waals surface area contributed by atoms with Crippen molar-refractivity contribution in [2.75, 3.05) is 27.2 Å². The zero-order valence-corrected chi connectivity index (χ0v) is 16.8. The van der Waals surface area contributed by atoms with Gasteiger partial charge in [-0.1, -0.05) is 6.07 Å². The van der Waals surface area contributed by atoms with Crippen LogP contribution in [-0.4, -0.2) is 37.6 Å². The highest BCUT2D eigenvalue weighted by Gasteiger charge is 2.28. The van der Waals surface area contributed by atoms with Crippen molar-refractivity contribution >= 4 is 43.9 Å². The Morgan fingerprint density at radius 1 is 1.10 bits per heavy atom. The van der Waals surface area contributed by atoms with Gasteiger partial charge in [-0.3, -0.25) is 14.1 Å². The van der Waals surface area contributed by atoms with E-state index in [9.17, 15) is 13.2 Å². The van der Waals surface area contributed by atoms with E-state index in [-0.39, 0.29) is 11.7 Å². The summed E-state index contributed by atoms with van der Waals surface area (Å²) in [5.74, 6) is 0.0148. The van der Waals surface area contributed by atoms with Crippen LogP contribution >= 0.6 is 0 Å². The number of nitrogens with zero attached hydrogens (tertiary/aromatic N) is 2. The number of fused-ring (bicyclic) bond motifs is 1. The molecular formula is C21H22N4O3S. The van der Waals surface area contributed by atoms with Crippen LogP contribution < -0.4 is 14.9 Å². The van der Waals surface area contributed by atoms with Crippen molar-refractivity contribution in [3.05, 3.63) is 60.8 Å². The van der Waals surface area contributed by atoms with E-state index < -0.39 is 16.1 Å². The van der Waals surface area contributed by atoms with Gasteiger partial charge in [0.1, 0.15) is 6.04 Å². The maximum atomic E-state index is 12.6. The van der Waals surface area contributed by atoms with E-state index in [4.69, 9.17) is 0 Å². The summed E-state index contributed by atoms with van der Waals surface area (Å²) in [4.78, 5) is 16.9. The second-order valence-corrected chi connectivity index (χ2v) is 9.03. The van der Waals surface area contributed by atoms with Crippen LogP contribution in [0.15, 0.2) is 60.8 Å². The van der Waals surface area contributed by atoms with E-state index >= 15 is 0 Å². The van der Waals surface area contributed by atoms with E-state index in [0.717, 1.165) is 16.6 Å². The molecular weight excluding hydrogens is 388 g/mol. The van der Waals surface area contributed by atoms with Crippen molar-refractivity contribution in [2.45, 2.75) is 19.4 Å². The number of rotatable bonds is 5. The van der Waals surface area contributed by atoms with Crippen LogP contribution in [0.1, 0.15) is 13.3 Å². The predicted octanol–water partition coefficient (Wildman–Crippen LogP) is 3.21. The van der Waals surface area contributed by atoms with Crippen LogP contribution in [0.25, 0.3) is 10.9 Å². The molecule has 1 unspecified atom stereocenters. The van der Waals surface area contributed by atoms with E-state index in [1.807, 2.05) is 30.3 Å². The summed E-state index contributed by atoms with van der Waals surface area (Å²) in [6.07, 6.45) is 2.36. The Bertz CT molecular complexity index is 1140. The highest BCUT2D eigenvalue weighted by atomic mass is 32.2. The zero-order valence-electron chi connectivity index (χ0n) is 16.0. The van der Waals surface area contributed by atoms with Crippen molar-refractivity contribution in [3.8, 4) is 0 Å². The third-order valence-electron chi connectivity index (χ3n) is 4.93. The molecule has 0 saturated carbocycles. The summed E-state index contributed by atoms with van der Waals surface area (Å²) in [6.45, 7) is 2.28. The van der Waals surface area contributed by atoms with E-state index in [0.29, 0.717) is 24.3 Å². The van der Waals surface area contributed by atoms with Crippen LogP contribution in [0.2, 0.25) is 0 Å². The molecule has 0 bridgehead atoms. The summed E-state index contributed by atoms with van der Waals surface area (Å²) in [5, 5.41) is 6.98. The quantitative estimate of drug-likeness (QED) is 0.674. The minimum atomic E-state index is -3.20. The zero-order chi connectivity index (χ0) is 20.4. The number of carbonyl (C=O) groups is 1. The summed E-state index contributed by atoms with van der Waals surface area (Å²) < 4.78 is 25.5. The molecule has 2 N–H and O–H groups in total. The first kappa shape index (κ1) is 19.2. The molecule has 1 aliphatic rings. The van der Waals surface area contributed by atoms with E-state index in [2.05, 4.69) is 15.6 Å². The molecule has 1 fully saturated rings. The molecule has 7 nitrogen and oxygen atoms in total. The second kappa shape index (κ2) is 7.71. The first-order chi connectivity index (χ1) is 13.9. The van der Waals surface area contributed by atoms with Gasteiger partial charge in [-0.15, -0.1) is 0 Å². The van der Waals surface area contributed by atoms with Crippen molar-refractivity contribution < 1.29 is 13.2 Å². The van der Waals surface area contributed by atoms with Gasteiger partial charge in [0.15, 0.2) is 0 Å². The molecule has 1 aromatic heterocycles. The number of sulfonamides is 1. The Kier molecular flexibility index (Phi) is 5.10. The molecule has 1 atom stereocenters. The third kappa shape index (κ3) is 4.02. The molecule has 0 spiro atoms. The maximum absolute atomic E-state index is 12.6. The Morgan fingerprint density at radius 3 is 2.62 bits per heavy atom. The number of aromatic nitrogens is 1. The topological polar surface area (TPSA) is 91.4 Å². The summed E-state index contributed by atoms with van der Waals surface area (Å²) in [5.41, 5.74) is 2.92. The Balaban J connectivity index is 1.43. The molecule has 8 heteroatoms. The predicted molar refractivity (Wildman–Crippen MR) is 116 cm³/mol. The first-order valence-electron chi connectivity index (χ1n) is 9.46. The molecule has 150 valence electrons. The van der Waals surface area contributed by atoms with Crippen LogP contribution in [-0.2, 0) is 14.8 Å². The van der Waals surface area contributed by atoms with E-state index in [1.165, 1.54) is 4.31 Å². The van der Waals surface area contributed by atoms with Gasteiger partial charge in [0.05, 0.1) is 22.6 Å². The molecule has 1 amide bonds. The van der Waals surface area contributed by atoms with Gasteiger partial charge >= 0.3 is 0 Å². The molecule has 2 aromatic carbocycles. The van der Waals surface area contributed by atoms with Crippen molar-refractivity contribution in [3.63, 3.8) is 0 Å². The molecule has 1 aliphatic heterocycles. The van der Waals surface area contributed by atoms with Crippen LogP contribution in [0, 0.1) is 0 Å². The lowest BCUT2D eigenvalue weighted by atomic mass is 10.1. The Labute approximate surface area is 169 Å². The number of anilines is 3. The Morgan fingerprint density at radius 2 is 1.90 bits per heavy atom. The molecule has 0 radical (unpaired) electrons. The van der Waals surface area contributed by atoms with Crippen molar-refractivity contribution in [1.29, 1.82) is 0 Å². The monoisotopic (exact) mass is 410 g/mol. The lowest BCUT2D eigenvalue weighted by Gasteiger charge is -2.19. The fourth-order valence-electron chi connectivity index (χ4n) is 3.42. The lowest BCUT2D eigenvalue weighted by molar-refractivity contribution is -0.116. The van der Waals surface area contributed by atoms with Gasteiger partial charge in [0.2, 0.25) is 15.9 Å². The smallest absolute Gasteiger partial charge is 0.246 e. The molecule has 4 rings (SSSR count). The van der Waals surface area contributed by atoms with Gasteiger partial charge in [-0.2, -0.15) is 0 Å².